The summed E-state index contributed by atoms with van der Waals surface area (Å²) in [4.78, 5) is 7.04. The molecule has 1 fully saturated rings. The van der Waals surface area contributed by atoms with Crippen molar-refractivity contribution < 1.29 is 4.42 Å². The second-order valence-corrected chi connectivity index (χ2v) is 7.77. The van der Waals surface area contributed by atoms with E-state index in [-0.39, 0.29) is 0 Å². The normalized spacial score (nSPS) is 17.1. The van der Waals surface area contributed by atoms with E-state index in [4.69, 9.17) is 16.6 Å². The van der Waals surface area contributed by atoms with Gasteiger partial charge in [0.1, 0.15) is 10.5 Å². The molecular weight excluding hydrogens is 328 g/mol. The molecule has 3 heterocycles. The molecule has 0 amide bonds. The molecule has 23 heavy (non-hydrogen) atoms. The van der Waals surface area contributed by atoms with Gasteiger partial charge in [-0.2, -0.15) is 5.10 Å². The first kappa shape index (κ1) is 15.0. The Labute approximate surface area is 143 Å². The standard InChI is InChI=1S/C16H18N4OS2/c1-11-18-20(16(22)23-11)10-19-8-6-12(7-9-19)15-17-13-4-2-3-5-14(13)21-15/h2-5,12H,6-10H2,1H3. The van der Waals surface area contributed by atoms with Crippen LogP contribution in [0.4, 0.5) is 0 Å². The van der Waals surface area contributed by atoms with Crippen LogP contribution >= 0.6 is 23.6 Å². The zero-order chi connectivity index (χ0) is 15.8. The maximum atomic E-state index is 5.92. The highest BCUT2D eigenvalue weighted by Gasteiger charge is 2.25. The lowest BCUT2D eigenvalue weighted by atomic mass is 9.97. The summed E-state index contributed by atoms with van der Waals surface area (Å²) in [6.07, 6.45) is 2.12. The van der Waals surface area contributed by atoms with Crippen molar-refractivity contribution in [3.63, 3.8) is 0 Å². The van der Waals surface area contributed by atoms with Gasteiger partial charge in [0.05, 0.1) is 6.67 Å². The van der Waals surface area contributed by atoms with E-state index >= 15 is 0 Å². The lowest BCUT2D eigenvalue weighted by Crippen LogP contribution is -2.34. The molecule has 120 valence electrons. The van der Waals surface area contributed by atoms with Gasteiger partial charge in [-0.3, -0.25) is 4.90 Å². The van der Waals surface area contributed by atoms with Crippen molar-refractivity contribution in [2.45, 2.75) is 32.4 Å². The van der Waals surface area contributed by atoms with Crippen LogP contribution in [0.5, 0.6) is 0 Å². The monoisotopic (exact) mass is 346 g/mol. The van der Waals surface area contributed by atoms with E-state index in [1.807, 2.05) is 35.9 Å². The van der Waals surface area contributed by atoms with E-state index in [0.717, 1.165) is 58.6 Å². The molecule has 0 spiro atoms. The lowest BCUT2D eigenvalue weighted by molar-refractivity contribution is 0.154. The predicted molar refractivity (Wildman–Crippen MR) is 93.2 cm³/mol. The Morgan fingerprint density at radius 3 is 2.78 bits per heavy atom. The molecule has 7 heteroatoms. The first-order chi connectivity index (χ1) is 11.2. The van der Waals surface area contributed by atoms with Gasteiger partial charge < -0.3 is 4.42 Å². The zero-order valence-corrected chi connectivity index (χ0v) is 14.6. The Morgan fingerprint density at radius 2 is 2.09 bits per heavy atom. The highest BCUT2D eigenvalue weighted by Crippen LogP contribution is 2.30. The molecule has 1 aliphatic rings. The number of likely N-dealkylation sites (tertiary alicyclic amines) is 1. The van der Waals surface area contributed by atoms with Gasteiger partial charge in [-0.15, -0.1) is 0 Å². The van der Waals surface area contributed by atoms with Crippen molar-refractivity contribution in [3.05, 3.63) is 39.1 Å². The number of nitrogens with zero attached hydrogens (tertiary/aromatic N) is 4. The summed E-state index contributed by atoms with van der Waals surface area (Å²) in [5, 5.41) is 5.49. The van der Waals surface area contributed by atoms with Crippen molar-refractivity contribution >= 4 is 34.7 Å². The summed E-state index contributed by atoms with van der Waals surface area (Å²) in [5.74, 6) is 1.29. The SMILES string of the molecule is Cc1nn(CN2CCC(c3nc4ccccc4o3)CC2)c(=S)s1. The molecule has 0 unspecified atom stereocenters. The van der Waals surface area contributed by atoms with Gasteiger partial charge in [0, 0.05) is 19.0 Å². The highest BCUT2D eigenvalue weighted by atomic mass is 32.1. The van der Waals surface area contributed by atoms with Crippen molar-refractivity contribution in [1.29, 1.82) is 0 Å². The van der Waals surface area contributed by atoms with E-state index in [2.05, 4.69) is 15.0 Å². The summed E-state index contributed by atoms with van der Waals surface area (Å²) in [7, 11) is 0. The van der Waals surface area contributed by atoms with Gasteiger partial charge in [0.25, 0.3) is 0 Å². The fourth-order valence-electron chi connectivity index (χ4n) is 3.08. The lowest BCUT2D eigenvalue weighted by Gasteiger charge is -2.30. The molecule has 0 atom stereocenters. The topological polar surface area (TPSA) is 47.1 Å². The van der Waals surface area contributed by atoms with Crippen LogP contribution < -0.4 is 0 Å². The zero-order valence-electron chi connectivity index (χ0n) is 12.9. The second kappa shape index (κ2) is 6.14. The number of aryl methyl sites for hydroxylation is 1. The summed E-state index contributed by atoms with van der Waals surface area (Å²) in [5.41, 5.74) is 1.84. The Bertz CT molecular complexity index is 840. The van der Waals surface area contributed by atoms with Crippen LogP contribution in [-0.2, 0) is 6.67 Å². The summed E-state index contributed by atoms with van der Waals surface area (Å²) < 4.78 is 8.70. The molecule has 1 aliphatic heterocycles. The van der Waals surface area contributed by atoms with Gasteiger partial charge in [-0.1, -0.05) is 23.5 Å². The summed E-state index contributed by atoms with van der Waals surface area (Å²) >= 11 is 6.92. The maximum absolute atomic E-state index is 5.92. The quantitative estimate of drug-likeness (QED) is 0.672. The Balaban J connectivity index is 1.42. The number of para-hydroxylation sites is 2. The molecule has 1 saturated heterocycles. The number of rotatable bonds is 3. The number of benzene rings is 1. The van der Waals surface area contributed by atoms with E-state index < -0.39 is 0 Å². The average Bonchev–Trinajstić information content (AvgIpc) is 3.11. The fraction of sp³-hybridized carbons (Fsp3) is 0.438. The molecule has 0 aliphatic carbocycles. The highest BCUT2D eigenvalue weighted by molar-refractivity contribution is 7.73. The third-order valence-corrected chi connectivity index (χ3v) is 5.51. The van der Waals surface area contributed by atoms with Crippen molar-refractivity contribution in [1.82, 2.24) is 19.7 Å². The predicted octanol–water partition coefficient (Wildman–Crippen LogP) is 3.96. The first-order valence-electron chi connectivity index (χ1n) is 7.81. The molecular formula is C16H18N4OS2. The minimum Gasteiger partial charge on any atom is -0.440 e. The number of hydrogen-bond donors (Lipinski definition) is 0. The van der Waals surface area contributed by atoms with Crippen LogP contribution in [-0.4, -0.2) is 32.8 Å². The van der Waals surface area contributed by atoms with Crippen molar-refractivity contribution in [2.75, 3.05) is 13.1 Å². The van der Waals surface area contributed by atoms with Gasteiger partial charge in [-0.05, 0) is 44.1 Å². The molecule has 0 bridgehead atoms. The first-order valence-corrected chi connectivity index (χ1v) is 9.04. The Hall–Kier alpha value is -1.57. The molecule has 3 aromatic rings. The minimum atomic E-state index is 0.406. The molecule has 5 nitrogen and oxygen atoms in total. The fourth-order valence-corrected chi connectivity index (χ4v) is 4.13. The summed E-state index contributed by atoms with van der Waals surface area (Å²) in [6, 6.07) is 7.97. The molecule has 0 N–H and O–H groups in total. The van der Waals surface area contributed by atoms with E-state index in [9.17, 15) is 0 Å². The van der Waals surface area contributed by atoms with Crippen LogP contribution in [0, 0.1) is 10.9 Å². The van der Waals surface area contributed by atoms with Crippen molar-refractivity contribution in [2.24, 2.45) is 0 Å². The van der Waals surface area contributed by atoms with E-state index in [0.29, 0.717) is 5.92 Å². The molecule has 0 saturated carbocycles. The Kier molecular flexibility index (Phi) is 4.00. The number of hydrogen-bond acceptors (Lipinski definition) is 6. The third kappa shape index (κ3) is 3.08. The summed E-state index contributed by atoms with van der Waals surface area (Å²) in [6.45, 7) is 4.81. The van der Waals surface area contributed by atoms with Gasteiger partial charge >= 0.3 is 0 Å². The van der Waals surface area contributed by atoms with Crippen LogP contribution in [0.2, 0.25) is 0 Å². The van der Waals surface area contributed by atoms with Gasteiger partial charge in [0.2, 0.25) is 0 Å². The van der Waals surface area contributed by atoms with Gasteiger partial charge in [-0.25, -0.2) is 9.67 Å². The second-order valence-electron chi connectivity index (χ2n) is 5.94. The number of aromatic nitrogens is 3. The third-order valence-electron chi connectivity index (χ3n) is 4.29. The van der Waals surface area contributed by atoms with Crippen LogP contribution in [0.1, 0.15) is 29.7 Å². The molecule has 4 rings (SSSR count). The van der Waals surface area contributed by atoms with E-state index in [1.165, 1.54) is 0 Å². The number of oxazole rings is 1. The maximum Gasteiger partial charge on any atom is 0.198 e. The smallest absolute Gasteiger partial charge is 0.198 e. The minimum absolute atomic E-state index is 0.406. The largest absolute Gasteiger partial charge is 0.440 e. The Morgan fingerprint density at radius 1 is 1.30 bits per heavy atom. The van der Waals surface area contributed by atoms with Crippen molar-refractivity contribution in [3.8, 4) is 0 Å². The van der Waals surface area contributed by atoms with E-state index in [1.54, 1.807) is 11.3 Å². The molecule has 2 aromatic heterocycles. The number of fused-ring (bicyclic) bond motifs is 1. The molecule has 1 aromatic carbocycles. The van der Waals surface area contributed by atoms with Gasteiger partial charge in [0.15, 0.2) is 15.4 Å². The molecule has 0 radical (unpaired) electrons. The van der Waals surface area contributed by atoms with Crippen LogP contribution in [0.3, 0.4) is 0 Å². The van der Waals surface area contributed by atoms with Crippen LogP contribution in [0.25, 0.3) is 11.1 Å². The van der Waals surface area contributed by atoms with Crippen LogP contribution in [0.15, 0.2) is 28.7 Å². The average molecular weight is 346 g/mol. The number of piperidine rings is 1.